The highest BCUT2D eigenvalue weighted by molar-refractivity contribution is 5.33. The average molecular weight is 178 g/mol. The Labute approximate surface area is 75.8 Å². The Morgan fingerprint density at radius 3 is 2.77 bits per heavy atom. The van der Waals surface area contributed by atoms with Gasteiger partial charge in [0.1, 0.15) is 18.2 Å². The van der Waals surface area contributed by atoms with Crippen LogP contribution in [0.2, 0.25) is 0 Å². The van der Waals surface area contributed by atoms with E-state index in [0.717, 1.165) is 0 Å². The van der Waals surface area contributed by atoms with Crippen molar-refractivity contribution < 1.29 is 0 Å². The molecule has 68 valence electrons. The van der Waals surface area contributed by atoms with Gasteiger partial charge in [0.05, 0.1) is 12.4 Å². The molecule has 0 spiro atoms. The van der Waals surface area contributed by atoms with E-state index in [4.69, 9.17) is 11.0 Å². The molecule has 1 rings (SSSR count). The Morgan fingerprint density at radius 1 is 1.54 bits per heavy atom. The zero-order valence-corrected chi connectivity index (χ0v) is 7.15. The smallest absolute Gasteiger partial charge is 0.158 e. The minimum Gasteiger partial charge on any atom is -0.341 e. The van der Waals surface area contributed by atoms with Crippen LogP contribution < -0.4 is 16.4 Å². The average Bonchev–Trinajstić information content (AvgIpc) is 2.19. The molecule has 0 aliphatic heterocycles. The van der Waals surface area contributed by atoms with Crippen LogP contribution in [-0.4, -0.2) is 23.3 Å². The van der Waals surface area contributed by atoms with Crippen molar-refractivity contribution in [3.63, 3.8) is 0 Å². The van der Waals surface area contributed by atoms with Crippen LogP contribution in [0, 0.1) is 11.3 Å². The fourth-order valence-electron chi connectivity index (χ4n) is 0.692. The van der Waals surface area contributed by atoms with Crippen molar-refractivity contribution in [2.24, 2.45) is 5.73 Å². The summed E-state index contributed by atoms with van der Waals surface area (Å²) in [6, 6.07) is 1.87. The Balaban J connectivity index is 2.65. The van der Waals surface area contributed by atoms with Gasteiger partial charge in [-0.05, 0) is 7.05 Å². The SMILES string of the molecule is CNC(N)Nc1cnc(C#N)cn1. The first-order valence-corrected chi connectivity index (χ1v) is 3.68. The maximum atomic E-state index is 8.45. The maximum Gasteiger partial charge on any atom is 0.158 e. The van der Waals surface area contributed by atoms with Gasteiger partial charge in [0.15, 0.2) is 5.69 Å². The third-order valence-corrected chi connectivity index (χ3v) is 1.38. The van der Waals surface area contributed by atoms with Crippen LogP contribution in [0.4, 0.5) is 5.82 Å². The van der Waals surface area contributed by atoms with E-state index in [9.17, 15) is 0 Å². The number of aromatic nitrogens is 2. The number of hydrogen-bond acceptors (Lipinski definition) is 6. The van der Waals surface area contributed by atoms with Gasteiger partial charge in [0.25, 0.3) is 0 Å². The quantitative estimate of drug-likeness (QED) is 0.525. The molecule has 0 bridgehead atoms. The van der Waals surface area contributed by atoms with E-state index >= 15 is 0 Å². The molecular formula is C7H10N6. The molecule has 13 heavy (non-hydrogen) atoms. The topological polar surface area (TPSA) is 99.6 Å². The van der Waals surface area contributed by atoms with Crippen LogP contribution in [0.1, 0.15) is 5.69 Å². The molecule has 1 unspecified atom stereocenters. The summed E-state index contributed by atoms with van der Waals surface area (Å²) in [5, 5.41) is 14.0. The second-order valence-electron chi connectivity index (χ2n) is 2.31. The van der Waals surface area contributed by atoms with Gasteiger partial charge in [0.2, 0.25) is 0 Å². The summed E-state index contributed by atoms with van der Waals surface area (Å²) in [7, 11) is 1.72. The van der Waals surface area contributed by atoms with Crippen molar-refractivity contribution in [2.75, 3.05) is 12.4 Å². The Hall–Kier alpha value is -1.71. The summed E-state index contributed by atoms with van der Waals surface area (Å²) in [5.41, 5.74) is 5.80. The normalized spacial score (nSPS) is 11.8. The molecular weight excluding hydrogens is 168 g/mol. The van der Waals surface area contributed by atoms with Gasteiger partial charge in [-0.1, -0.05) is 0 Å². The van der Waals surface area contributed by atoms with Gasteiger partial charge in [-0.25, -0.2) is 9.97 Å². The number of anilines is 1. The second kappa shape index (κ2) is 4.35. The summed E-state index contributed by atoms with van der Waals surface area (Å²) in [5.74, 6) is 0.529. The predicted molar refractivity (Wildman–Crippen MR) is 47.4 cm³/mol. The fraction of sp³-hybridized carbons (Fsp3) is 0.286. The van der Waals surface area contributed by atoms with Crippen molar-refractivity contribution in [3.05, 3.63) is 18.1 Å². The molecule has 0 saturated heterocycles. The van der Waals surface area contributed by atoms with Gasteiger partial charge in [-0.2, -0.15) is 5.26 Å². The van der Waals surface area contributed by atoms with Crippen molar-refractivity contribution >= 4 is 5.82 Å². The summed E-state index contributed by atoms with van der Waals surface area (Å²) in [6.45, 7) is 0. The lowest BCUT2D eigenvalue weighted by atomic mass is 10.5. The first-order chi connectivity index (χ1) is 6.26. The highest BCUT2D eigenvalue weighted by atomic mass is 15.2. The summed E-state index contributed by atoms with van der Waals surface area (Å²) in [6.07, 6.45) is 2.46. The molecule has 0 aliphatic carbocycles. The third-order valence-electron chi connectivity index (χ3n) is 1.38. The van der Waals surface area contributed by atoms with Crippen molar-refractivity contribution in [1.82, 2.24) is 15.3 Å². The molecule has 0 radical (unpaired) electrons. The van der Waals surface area contributed by atoms with Gasteiger partial charge >= 0.3 is 0 Å². The summed E-state index contributed by atoms with van der Waals surface area (Å²) in [4.78, 5) is 7.74. The van der Waals surface area contributed by atoms with Gasteiger partial charge < -0.3 is 5.32 Å². The zero-order chi connectivity index (χ0) is 9.68. The maximum absolute atomic E-state index is 8.45. The Kier molecular flexibility index (Phi) is 3.14. The molecule has 0 aromatic carbocycles. The molecule has 6 heteroatoms. The molecule has 1 aromatic rings. The first-order valence-electron chi connectivity index (χ1n) is 3.68. The molecule has 1 heterocycles. The van der Waals surface area contributed by atoms with Crippen LogP contribution in [0.5, 0.6) is 0 Å². The molecule has 0 fully saturated rings. The van der Waals surface area contributed by atoms with Crippen LogP contribution in [0.25, 0.3) is 0 Å². The van der Waals surface area contributed by atoms with Crippen LogP contribution >= 0.6 is 0 Å². The van der Waals surface area contributed by atoms with E-state index in [1.54, 1.807) is 7.05 Å². The first kappa shape index (κ1) is 9.38. The van der Waals surface area contributed by atoms with E-state index in [0.29, 0.717) is 5.82 Å². The van der Waals surface area contributed by atoms with Gasteiger partial charge in [0, 0.05) is 0 Å². The lowest BCUT2D eigenvalue weighted by Crippen LogP contribution is -2.41. The largest absolute Gasteiger partial charge is 0.341 e. The highest BCUT2D eigenvalue weighted by Crippen LogP contribution is 1.99. The Bertz CT molecular complexity index is 300. The van der Waals surface area contributed by atoms with E-state index in [2.05, 4.69) is 20.6 Å². The van der Waals surface area contributed by atoms with Crippen LogP contribution in [0.15, 0.2) is 12.4 Å². The third kappa shape index (κ3) is 2.66. The van der Waals surface area contributed by atoms with E-state index < -0.39 is 0 Å². The van der Waals surface area contributed by atoms with Gasteiger partial charge in [-0.3, -0.25) is 11.1 Å². The molecule has 6 nitrogen and oxygen atoms in total. The van der Waals surface area contributed by atoms with E-state index in [-0.39, 0.29) is 12.0 Å². The second-order valence-corrected chi connectivity index (χ2v) is 2.31. The van der Waals surface area contributed by atoms with Crippen molar-refractivity contribution in [3.8, 4) is 6.07 Å². The monoisotopic (exact) mass is 178 g/mol. The lowest BCUT2D eigenvalue weighted by molar-refractivity contribution is 0.649. The van der Waals surface area contributed by atoms with Gasteiger partial charge in [-0.15, -0.1) is 0 Å². The fourth-order valence-corrected chi connectivity index (χ4v) is 0.692. The number of nitriles is 1. The number of nitrogens with one attached hydrogen (secondary N) is 2. The summed E-state index contributed by atoms with van der Waals surface area (Å²) < 4.78 is 0. The highest BCUT2D eigenvalue weighted by Gasteiger charge is 1.99. The van der Waals surface area contributed by atoms with Crippen molar-refractivity contribution in [2.45, 2.75) is 6.29 Å². The number of nitrogens with zero attached hydrogens (tertiary/aromatic N) is 3. The van der Waals surface area contributed by atoms with Crippen molar-refractivity contribution in [1.29, 1.82) is 5.26 Å². The molecule has 1 atom stereocenters. The van der Waals surface area contributed by atoms with Crippen LogP contribution in [0.3, 0.4) is 0 Å². The number of hydrogen-bond donors (Lipinski definition) is 3. The molecule has 0 saturated carbocycles. The molecule has 0 aliphatic rings. The molecule has 0 amide bonds. The van der Waals surface area contributed by atoms with Crippen LogP contribution in [-0.2, 0) is 0 Å². The molecule has 4 N–H and O–H groups in total. The lowest BCUT2D eigenvalue weighted by Gasteiger charge is -2.11. The molecule has 1 aromatic heterocycles. The van der Waals surface area contributed by atoms with E-state index in [1.807, 2.05) is 6.07 Å². The standard InChI is InChI=1S/C7H10N6/c1-10-7(9)13-6-4-11-5(2-8)3-12-6/h3-4,7,10H,9H2,1H3,(H,12,13). The number of rotatable bonds is 3. The minimum absolute atomic E-state index is 0.281. The minimum atomic E-state index is -0.373. The zero-order valence-electron chi connectivity index (χ0n) is 7.15. The number of nitrogens with two attached hydrogens (primary N) is 1. The summed E-state index contributed by atoms with van der Waals surface area (Å²) >= 11 is 0. The van der Waals surface area contributed by atoms with E-state index in [1.165, 1.54) is 12.4 Å². The Morgan fingerprint density at radius 2 is 2.31 bits per heavy atom. The predicted octanol–water partition coefficient (Wildman–Crippen LogP) is -0.778.